The van der Waals surface area contributed by atoms with Gasteiger partial charge in [0.05, 0.1) is 17.1 Å². The lowest BCUT2D eigenvalue weighted by molar-refractivity contribution is -0.385. The van der Waals surface area contributed by atoms with Crippen LogP contribution in [0.1, 0.15) is 19.8 Å². The molecule has 0 unspecified atom stereocenters. The smallest absolute Gasteiger partial charge is 0.275 e. The lowest BCUT2D eigenvalue weighted by atomic mass is 9.93. The Morgan fingerprint density at radius 3 is 2.20 bits per heavy atom. The maximum absolute atomic E-state index is 13.9. The normalized spacial score (nSPS) is 16.2. The summed E-state index contributed by atoms with van der Waals surface area (Å²) in [4.78, 5) is 22.4. The van der Waals surface area contributed by atoms with Gasteiger partial charge in [0.25, 0.3) is 5.69 Å². The van der Waals surface area contributed by atoms with Crippen molar-refractivity contribution < 1.29 is 18.5 Å². The molecule has 2 rings (SSSR count). The second-order valence-electron chi connectivity index (χ2n) is 4.89. The predicted molar refractivity (Wildman–Crippen MR) is 68.6 cm³/mol. The highest BCUT2D eigenvalue weighted by Crippen LogP contribution is 2.31. The monoisotopic (exact) mass is 284 g/mol. The van der Waals surface area contributed by atoms with E-state index in [9.17, 15) is 23.7 Å². The maximum atomic E-state index is 13.9. The van der Waals surface area contributed by atoms with E-state index in [0.717, 1.165) is 12.1 Å². The Bertz CT molecular complexity index is 532. The number of piperidine rings is 1. The number of benzene rings is 1. The van der Waals surface area contributed by atoms with E-state index in [4.69, 9.17) is 0 Å². The van der Waals surface area contributed by atoms with Crippen molar-refractivity contribution in [3.8, 4) is 0 Å². The van der Waals surface area contributed by atoms with Gasteiger partial charge in [-0.1, -0.05) is 0 Å². The summed E-state index contributed by atoms with van der Waals surface area (Å²) < 4.78 is 27.7. The molecular weight excluding hydrogens is 270 g/mol. The summed E-state index contributed by atoms with van der Waals surface area (Å²) in [6.45, 7) is 2.22. The summed E-state index contributed by atoms with van der Waals surface area (Å²) in [5.74, 6) is -1.89. The Morgan fingerprint density at radius 2 is 1.80 bits per heavy atom. The zero-order valence-corrected chi connectivity index (χ0v) is 10.9. The van der Waals surface area contributed by atoms with E-state index < -0.39 is 22.2 Å². The zero-order valence-electron chi connectivity index (χ0n) is 10.9. The molecule has 0 aliphatic carbocycles. The third-order valence-electron chi connectivity index (χ3n) is 3.60. The van der Waals surface area contributed by atoms with Gasteiger partial charge in [-0.05, 0) is 19.8 Å². The van der Waals surface area contributed by atoms with Crippen molar-refractivity contribution in [2.45, 2.75) is 19.8 Å². The SMILES string of the molecule is CC(=O)C1CCN(c2c(F)cc([N+](=O)[O-])cc2F)CC1. The summed E-state index contributed by atoms with van der Waals surface area (Å²) in [6, 6.07) is 1.44. The van der Waals surface area contributed by atoms with E-state index >= 15 is 0 Å². The summed E-state index contributed by atoms with van der Waals surface area (Å²) >= 11 is 0. The number of Topliss-reactive ketones (excluding diaryl/α,β-unsaturated/α-hetero) is 1. The molecule has 5 nitrogen and oxygen atoms in total. The van der Waals surface area contributed by atoms with Gasteiger partial charge < -0.3 is 4.90 Å². The fraction of sp³-hybridized carbons (Fsp3) is 0.462. The van der Waals surface area contributed by atoms with Crippen LogP contribution in [0.25, 0.3) is 0 Å². The van der Waals surface area contributed by atoms with E-state index in [1.165, 1.54) is 11.8 Å². The molecule has 1 saturated heterocycles. The minimum Gasteiger partial charge on any atom is -0.367 e. The number of nitro benzene ring substituents is 1. The van der Waals surface area contributed by atoms with Crippen LogP contribution in [0.2, 0.25) is 0 Å². The van der Waals surface area contributed by atoms with Crippen LogP contribution in [0.5, 0.6) is 0 Å². The van der Waals surface area contributed by atoms with Gasteiger partial charge in [0.2, 0.25) is 0 Å². The molecule has 108 valence electrons. The largest absolute Gasteiger partial charge is 0.367 e. The first-order valence-electron chi connectivity index (χ1n) is 6.29. The molecule has 1 aromatic rings. The van der Waals surface area contributed by atoms with Crippen LogP contribution in [0.15, 0.2) is 12.1 Å². The van der Waals surface area contributed by atoms with E-state index in [1.54, 1.807) is 0 Å². The number of ketones is 1. The molecule has 0 bridgehead atoms. The molecule has 7 heteroatoms. The number of carbonyl (C=O) groups is 1. The van der Waals surface area contributed by atoms with Crippen molar-refractivity contribution in [3.05, 3.63) is 33.9 Å². The average Bonchev–Trinajstić information content (AvgIpc) is 2.38. The summed E-state index contributed by atoms with van der Waals surface area (Å²) in [7, 11) is 0. The van der Waals surface area contributed by atoms with Gasteiger partial charge in [0.1, 0.15) is 11.5 Å². The molecule has 0 amide bonds. The predicted octanol–water partition coefficient (Wildman–Crippen LogP) is 2.68. The summed E-state index contributed by atoms with van der Waals surface area (Å²) in [5.41, 5.74) is -0.861. The third kappa shape index (κ3) is 2.76. The number of rotatable bonds is 3. The molecule has 1 heterocycles. The Hall–Kier alpha value is -2.05. The van der Waals surface area contributed by atoms with Crippen LogP contribution in [-0.4, -0.2) is 23.8 Å². The summed E-state index contributed by atoms with van der Waals surface area (Å²) in [6.07, 6.45) is 1.07. The van der Waals surface area contributed by atoms with Crippen molar-refractivity contribution in [2.24, 2.45) is 5.92 Å². The van der Waals surface area contributed by atoms with Crippen LogP contribution in [0.3, 0.4) is 0 Å². The lowest BCUT2D eigenvalue weighted by Gasteiger charge is -2.32. The molecule has 0 atom stereocenters. The third-order valence-corrected chi connectivity index (χ3v) is 3.60. The number of nitrogens with zero attached hydrogens (tertiary/aromatic N) is 2. The number of anilines is 1. The van der Waals surface area contributed by atoms with Gasteiger partial charge in [-0.2, -0.15) is 0 Å². The second-order valence-corrected chi connectivity index (χ2v) is 4.89. The minimum atomic E-state index is -0.946. The quantitative estimate of drug-likeness (QED) is 0.632. The fourth-order valence-electron chi connectivity index (χ4n) is 2.47. The van der Waals surface area contributed by atoms with Crippen LogP contribution in [0.4, 0.5) is 20.2 Å². The highest BCUT2D eigenvalue weighted by molar-refractivity contribution is 5.78. The first-order valence-corrected chi connectivity index (χ1v) is 6.29. The van der Waals surface area contributed by atoms with Gasteiger partial charge >= 0.3 is 0 Å². The van der Waals surface area contributed by atoms with E-state index in [2.05, 4.69) is 0 Å². The lowest BCUT2D eigenvalue weighted by Crippen LogP contribution is -2.36. The molecule has 1 aromatic carbocycles. The van der Waals surface area contributed by atoms with Crippen LogP contribution in [-0.2, 0) is 4.79 Å². The number of halogens is 2. The fourth-order valence-corrected chi connectivity index (χ4v) is 2.47. The van der Waals surface area contributed by atoms with Gasteiger partial charge in [-0.25, -0.2) is 8.78 Å². The van der Waals surface area contributed by atoms with Crippen molar-refractivity contribution in [1.29, 1.82) is 0 Å². The van der Waals surface area contributed by atoms with Crippen molar-refractivity contribution in [2.75, 3.05) is 18.0 Å². The van der Waals surface area contributed by atoms with Crippen molar-refractivity contribution in [1.82, 2.24) is 0 Å². The minimum absolute atomic E-state index is 0.0737. The highest BCUT2D eigenvalue weighted by atomic mass is 19.1. The number of hydrogen-bond acceptors (Lipinski definition) is 4. The molecule has 0 N–H and O–H groups in total. The molecule has 0 aromatic heterocycles. The molecule has 0 spiro atoms. The molecule has 1 aliphatic heterocycles. The summed E-state index contributed by atoms with van der Waals surface area (Å²) in [5, 5.41) is 10.5. The molecule has 1 aliphatic rings. The zero-order chi connectivity index (χ0) is 14.9. The van der Waals surface area contributed by atoms with Gasteiger partial charge in [-0.3, -0.25) is 14.9 Å². The highest BCUT2D eigenvalue weighted by Gasteiger charge is 2.27. The molecule has 20 heavy (non-hydrogen) atoms. The Morgan fingerprint density at radius 1 is 1.30 bits per heavy atom. The van der Waals surface area contributed by atoms with Crippen LogP contribution < -0.4 is 4.90 Å². The van der Waals surface area contributed by atoms with Crippen molar-refractivity contribution >= 4 is 17.2 Å². The molecule has 0 radical (unpaired) electrons. The maximum Gasteiger partial charge on any atom is 0.275 e. The van der Waals surface area contributed by atoms with E-state index in [0.29, 0.717) is 25.9 Å². The Balaban J connectivity index is 2.22. The standard InChI is InChI=1S/C13H14F2N2O3/c1-8(18)9-2-4-16(5-3-9)13-11(14)6-10(17(19)20)7-12(13)15/h6-7,9H,2-5H2,1H3. The van der Waals surface area contributed by atoms with Crippen molar-refractivity contribution in [3.63, 3.8) is 0 Å². The Kier molecular flexibility index (Phi) is 3.96. The van der Waals surface area contributed by atoms with E-state index in [1.807, 2.05) is 0 Å². The van der Waals surface area contributed by atoms with Crippen LogP contribution >= 0.6 is 0 Å². The number of hydrogen-bond donors (Lipinski definition) is 0. The molecule has 0 saturated carbocycles. The van der Waals surface area contributed by atoms with Gasteiger partial charge in [0, 0.05) is 19.0 Å². The topological polar surface area (TPSA) is 63.5 Å². The number of non-ortho nitro benzene ring substituents is 1. The van der Waals surface area contributed by atoms with E-state index in [-0.39, 0.29) is 17.4 Å². The van der Waals surface area contributed by atoms with Gasteiger partial charge in [-0.15, -0.1) is 0 Å². The molecular formula is C13H14F2N2O3. The first kappa shape index (κ1) is 14.4. The number of carbonyl (C=O) groups excluding carboxylic acids is 1. The van der Waals surface area contributed by atoms with Crippen LogP contribution in [0, 0.1) is 27.7 Å². The van der Waals surface area contributed by atoms with Gasteiger partial charge in [0.15, 0.2) is 11.6 Å². The Labute approximate surface area is 114 Å². The average molecular weight is 284 g/mol. The first-order chi connectivity index (χ1) is 9.40. The molecule has 1 fully saturated rings. The second kappa shape index (κ2) is 5.52. The number of nitro groups is 1.